The van der Waals surface area contributed by atoms with Crippen LogP contribution in [0, 0.1) is 0 Å². The van der Waals surface area contributed by atoms with Gasteiger partial charge < -0.3 is 4.74 Å². The summed E-state index contributed by atoms with van der Waals surface area (Å²) in [6, 6.07) is 4.81. The predicted octanol–water partition coefficient (Wildman–Crippen LogP) is 4.07. The van der Waals surface area contributed by atoms with Crippen LogP contribution in [0.1, 0.15) is 37.0 Å². The Morgan fingerprint density at radius 3 is 2.90 bits per heavy atom. The number of likely N-dealkylation sites (tertiary alicyclic amines) is 1. The summed E-state index contributed by atoms with van der Waals surface area (Å²) in [5.74, 6) is 0.0359. The lowest BCUT2D eigenvalue weighted by molar-refractivity contribution is -0.00290. The molecule has 0 radical (unpaired) electrons. The van der Waals surface area contributed by atoms with E-state index in [9.17, 15) is 4.79 Å². The van der Waals surface area contributed by atoms with Crippen molar-refractivity contribution in [3.63, 3.8) is 0 Å². The quantitative estimate of drug-likeness (QED) is 0.763. The number of rotatable bonds is 5. The van der Waals surface area contributed by atoms with E-state index in [-0.39, 0.29) is 17.9 Å². The fourth-order valence-corrected chi connectivity index (χ4v) is 3.27. The Labute approximate surface area is 136 Å². The molecular weight excluding hydrogens is 309 g/mol. The molecule has 2 atom stereocenters. The summed E-state index contributed by atoms with van der Waals surface area (Å²) < 4.78 is 5.69. The lowest BCUT2D eigenvalue weighted by atomic mass is 10.0. The molecule has 21 heavy (non-hydrogen) atoms. The van der Waals surface area contributed by atoms with Crippen molar-refractivity contribution in [2.24, 2.45) is 0 Å². The third kappa shape index (κ3) is 4.19. The van der Waals surface area contributed by atoms with E-state index >= 15 is 0 Å². The van der Waals surface area contributed by atoms with Crippen LogP contribution in [0.3, 0.4) is 0 Å². The zero-order chi connectivity index (χ0) is 15.4. The first-order valence-corrected chi connectivity index (χ1v) is 8.13. The van der Waals surface area contributed by atoms with E-state index in [0.717, 1.165) is 25.9 Å². The van der Waals surface area contributed by atoms with Crippen LogP contribution in [-0.4, -0.2) is 42.5 Å². The molecule has 0 amide bonds. The van der Waals surface area contributed by atoms with Crippen LogP contribution in [0.4, 0.5) is 0 Å². The van der Waals surface area contributed by atoms with E-state index in [1.54, 1.807) is 18.2 Å². The van der Waals surface area contributed by atoms with E-state index in [1.165, 1.54) is 0 Å². The summed E-state index contributed by atoms with van der Waals surface area (Å²) in [4.78, 5) is 14.8. The summed E-state index contributed by atoms with van der Waals surface area (Å²) in [6.07, 6.45) is 2.34. The highest BCUT2D eigenvalue weighted by atomic mass is 35.5. The number of benzene rings is 1. The Morgan fingerprint density at radius 2 is 2.24 bits per heavy atom. The summed E-state index contributed by atoms with van der Waals surface area (Å²) in [7, 11) is 0. The highest BCUT2D eigenvalue weighted by molar-refractivity contribution is 6.37. The van der Waals surface area contributed by atoms with Gasteiger partial charge in [0, 0.05) is 23.7 Å². The molecule has 1 aromatic rings. The Kier molecular flexibility index (Phi) is 6.06. The molecule has 116 valence electrons. The molecule has 1 aromatic carbocycles. The zero-order valence-corrected chi connectivity index (χ0v) is 14.0. The van der Waals surface area contributed by atoms with Crippen LogP contribution in [0.2, 0.25) is 10.0 Å². The molecule has 0 bridgehead atoms. The third-order valence-electron chi connectivity index (χ3n) is 3.94. The molecule has 1 aliphatic rings. The molecule has 2 rings (SSSR count). The first-order chi connectivity index (χ1) is 10.0. The lowest BCUT2D eigenvalue weighted by Gasteiger charge is -2.36. The molecule has 0 spiro atoms. The second-order valence-corrected chi connectivity index (χ2v) is 6.22. The van der Waals surface area contributed by atoms with Gasteiger partial charge in [-0.2, -0.15) is 0 Å². The minimum absolute atomic E-state index is 0.0359. The smallest absolute Gasteiger partial charge is 0.181 e. The standard InChI is InChI=1S/C16H21Cl2NO2/c1-3-21-13-5-4-8-19(10-13)11(2)16(20)14-7-6-12(17)9-15(14)18/h6-7,9,11,13H,3-5,8,10H2,1-2H3. The van der Waals surface area contributed by atoms with E-state index in [1.807, 2.05) is 13.8 Å². The van der Waals surface area contributed by atoms with E-state index in [2.05, 4.69) is 4.90 Å². The molecule has 0 N–H and O–H groups in total. The molecule has 0 aromatic heterocycles. The van der Waals surface area contributed by atoms with Gasteiger partial charge in [0.15, 0.2) is 5.78 Å². The second-order valence-electron chi connectivity index (χ2n) is 5.38. The lowest BCUT2D eigenvalue weighted by Crippen LogP contribution is -2.47. The van der Waals surface area contributed by atoms with Crippen molar-refractivity contribution < 1.29 is 9.53 Å². The SMILES string of the molecule is CCOC1CCCN(C(C)C(=O)c2ccc(Cl)cc2Cl)C1. The molecule has 1 saturated heterocycles. The van der Waals surface area contributed by atoms with E-state index in [0.29, 0.717) is 22.2 Å². The largest absolute Gasteiger partial charge is 0.377 e. The van der Waals surface area contributed by atoms with E-state index < -0.39 is 0 Å². The Morgan fingerprint density at radius 1 is 1.48 bits per heavy atom. The zero-order valence-electron chi connectivity index (χ0n) is 12.4. The fraction of sp³-hybridized carbons (Fsp3) is 0.562. The van der Waals surface area contributed by atoms with Crippen molar-refractivity contribution >= 4 is 29.0 Å². The van der Waals surface area contributed by atoms with Gasteiger partial charge >= 0.3 is 0 Å². The van der Waals surface area contributed by atoms with Gasteiger partial charge in [-0.05, 0) is 51.4 Å². The van der Waals surface area contributed by atoms with Crippen LogP contribution in [0.15, 0.2) is 18.2 Å². The Balaban J connectivity index is 2.07. The first kappa shape index (κ1) is 16.8. The van der Waals surface area contributed by atoms with Gasteiger partial charge in [-0.3, -0.25) is 9.69 Å². The van der Waals surface area contributed by atoms with Crippen LogP contribution in [0.5, 0.6) is 0 Å². The number of carbonyl (C=O) groups is 1. The number of Topliss-reactive ketones (excluding diaryl/α,β-unsaturated/α-hetero) is 1. The summed E-state index contributed by atoms with van der Waals surface area (Å²) >= 11 is 12.0. The van der Waals surface area contributed by atoms with Crippen LogP contribution in [-0.2, 0) is 4.74 Å². The number of halogens is 2. The predicted molar refractivity (Wildman–Crippen MR) is 86.5 cm³/mol. The molecule has 3 nitrogen and oxygen atoms in total. The molecule has 5 heteroatoms. The number of carbonyl (C=O) groups excluding carboxylic acids is 1. The van der Waals surface area contributed by atoms with Gasteiger partial charge in [0.2, 0.25) is 0 Å². The topological polar surface area (TPSA) is 29.5 Å². The van der Waals surface area contributed by atoms with Gasteiger partial charge in [-0.1, -0.05) is 23.2 Å². The normalized spacial score (nSPS) is 21.2. The maximum atomic E-state index is 12.6. The Bertz CT molecular complexity index is 505. The number of nitrogens with zero attached hydrogens (tertiary/aromatic N) is 1. The summed E-state index contributed by atoms with van der Waals surface area (Å²) in [6.45, 7) is 6.36. The molecule has 0 aliphatic carbocycles. The molecule has 1 fully saturated rings. The van der Waals surface area contributed by atoms with Crippen molar-refractivity contribution in [3.8, 4) is 0 Å². The van der Waals surface area contributed by atoms with Gasteiger partial charge in [-0.25, -0.2) is 0 Å². The van der Waals surface area contributed by atoms with Gasteiger partial charge in [-0.15, -0.1) is 0 Å². The minimum atomic E-state index is -0.202. The number of hydrogen-bond acceptors (Lipinski definition) is 3. The summed E-state index contributed by atoms with van der Waals surface area (Å²) in [5.41, 5.74) is 0.534. The molecule has 2 unspecified atom stereocenters. The van der Waals surface area contributed by atoms with Crippen molar-refractivity contribution in [2.45, 2.75) is 38.8 Å². The van der Waals surface area contributed by atoms with Crippen LogP contribution < -0.4 is 0 Å². The first-order valence-electron chi connectivity index (χ1n) is 7.37. The maximum Gasteiger partial charge on any atom is 0.181 e. The van der Waals surface area contributed by atoms with Crippen LogP contribution >= 0.6 is 23.2 Å². The fourth-order valence-electron chi connectivity index (χ4n) is 2.77. The second kappa shape index (κ2) is 7.59. The van der Waals surface area contributed by atoms with Gasteiger partial charge in [0.25, 0.3) is 0 Å². The third-order valence-corrected chi connectivity index (χ3v) is 4.48. The number of piperidine rings is 1. The highest BCUT2D eigenvalue weighted by Gasteiger charge is 2.29. The average molecular weight is 330 g/mol. The molecule has 1 aliphatic heterocycles. The summed E-state index contributed by atoms with van der Waals surface area (Å²) in [5, 5.41) is 0.955. The van der Waals surface area contributed by atoms with E-state index in [4.69, 9.17) is 27.9 Å². The minimum Gasteiger partial charge on any atom is -0.377 e. The Hall–Kier alpha value is -0.610. The number of ketones is 1. The number of hydrogen-bond donors (Lipinski definition) is 0. The average Bonchev–Trinajstić information content (AvgIpc) is 2.46. The molecule has 1 heterocycles. The molecule has 0 saturated carbocycles. The van der Waals surface area contributed by atoms with Crippen LogP contribution in [0.25, 0.3) is 0 Å². The van der Waals surface area contributed by atoms with Crippen molar-refractivity contribution in [1.82, 2.24) is 4.90 Å². The van der Waals surface area contributed by atoms with Crippen molar-refractivity contribution in [2.75, 3.05) is 19.7 Å². The number of ether oxygens (including phenoxy) is 1. The van der Waals surface area contributed by atoms with Crippen molar-refractivity contribution in [3.05, 3.63) is 33.8 Å². The van der Waals surface area contributed by atoms with Gasteiger partial charge in [0.05, 0.1) is 17.2 Å². The highest BCUT2D eigenvalue weighted by Crippen LogP contribution is 2.24. The molecular formula is C16H21Cl2NO2. The maximum absolute atomic E-state index is 12.6. The van der Waals surface area contributed by atoms with Gasteiger partial charge in [0.1, 0.15) is 0 Å². The van der Waals surface area contributed by atoms with Crippen molar-refractivity contribution in [1.29, 1.82) is 0 Å². The monoisotopic (exact) mass is 329 g/mol.